The Morgan fingerprint density at radius 3 is 2.57 bits per heavy atom. The molecule has 1 N–H and O–H groups in total. The molecule has 1 aliphatic heterocycles. The lowest BCUT2D eigenvalue weighted by Crippen LogP contribution is -2.40. The van der Waals surface area contributed by atoms with Crippen molar-refractivity contribution in [2.24, 2.45) is 11.8 Å². The molecular formula is C19H34N2O2. The van der Waals surface area contributed by atoms with E-state index >= 15 is 0 Å². The molecule has 23 heavy (non-hydrogen) atoms. The quantitative estimate of drug-likeness (QED) is 0.796. The van der Waals surface area contributed by atoms with Crippen LogP contribution in [-0.2, 0) is 4.74 Å². The molecule has 132 valence electrons. The lowest BCUT2D eigenvalue weighted by Gasteiger charge is -2.30. The van der Waals surface area contributed by atoms with Crippen LogP contribution in [0.4, 0.5) is 4.79 Å². The molecule has 0 saturated heterocycles. The highest BCUT2D eigenvalue weighted by molar-refractivity contribution is 5.68. The summed E-state index contributed by atoms with van der Waals surface area (Å²) in [6, 6.07) is 0. The fourth-order valence-electron chi connectivity index (χ4n) is 3.33. The summed E-state index contributed by atoms with van der Waals surface area (Å²) in [6.07, 6.45) is 8.47. The van der Waals surface area contributed by atoms with Crippen LogP contribution in [0.25, 0.3) is 0 Å². The number of ether oxygens (including phenoxy) is 1. The fourth-order valence-corrected chi connectivity index (χ4v) is 3.33. The molecule has 1 aliphatic carbocycles. The van der Waals surface area contributed by atoms with Crippen LogP contribution in [0.2, 0.25) is 0 Å². The van der Waals surface area contributed by atoms with Crippen molar-refractivity contribution in [1.29, 1.82) is 0 Å². The number of rotatable bonds is 4. The van der Waals surface area contributed by atoms with Gasteiger partial charge in [-0.2, -0.15) is 0 Å². The van der Waals surface area contributed by atoms with Crippen molar-refractivity contribution < 1.29 is 9.53 Å². The smallest absolute Gasteiger partial charge is 0.410 e. The van der Waals surface area contributed by atoms with E-state index in [9.17, 15) is 4.79 Å². The van der Waals surface area contributed by atoms with E-state index in [2.05, 4.69) is 18.3 Å². The Labute approximate surface area is 141 Å². The number of hydrogen-bond donors (Lipinski definition) is 1. The van der Waals surface area contributed by atoms with Gasteiger partial charge in [0.25, 0.3) is 0 Å². The van der Waals surface area contributed by atoms with Crippen molar-refractivity contribution >= 4 is 6.09 Å². The van der Waals surface area contributed by atoms with Crippen LogP contribution in [-0.4, -0.2) is 42.8 Å². The third-order valence-corrected chi connectivity index (χ3v) is 4.88. The zero-order chi connectivity index (χ0) is 16.9. The Morgan fingerprint density at radius 2 is 2.00 bits per heavy atom. The van der Waals surface area contributed by atoms with E-state index in [1.165, 1.54) is 31.3 Å². The van der Waals surface area contributed by atoms with Crippen molar-refractivity contribution in [3.8, 4) is 0 Å². The average Bonchev–Trinajstić information content (AvgIpc) is 2.48. The summed E-state index contributed by atoms with van der Waals surface area (Å²) < 4.78 is 5.42. The molecule has 0 atom stereocenters. The summed E-state index contributed by atoms with van der Waals surface area (Å²) in [4.78, 5) is 13.8. The van der Waals surface area contributed by atoms with E-state index in [1.807, 2.05) is 20.8 Å². The SMILES string of the molecule is CC1CCC(CNCC2=CCN(C(=O)OC(C)(C)C)CC2)CC1. The first-order valence-electron chi connectivity index (χ1n) is 9.20. The molecule has 1 amide bonds. The number of amides is 1. The highest BCUT2D eigenvalue weighted by Crippen LogP contribution is 2.27. The Bertz CT molecular complexity index is 418. The monoisotopic (exact) mass is 322 g/mol. The summed E-state index contributed by atoms with van der Waals surface area (Å²) in [5.74, 6) is 1.78. The van der Waals surface area contributed by atoms with E-state index < -0.39 is 5.60 Å². The Morgan fingerprint density at radius 1 is 1.30 bits per heavy atom. The average molecular weight is 322 g/mol. The van der Waals surface area contributed by atoms with Gasteiger partial charge in [-0.3, -0.25) is 0 Å². The zero-order valence-electron chi connectivity index (χ0n) is 15.4. The van der Waals surface area contributed by atoms with Gasteiger partial charge in [-0.25, -0.2) is 4.79 Å². The molecule has 0 spiro atoms. The molecule has 0 radical (unpaired) electrons. The van der Waals surface area contributed by atoms with Crippen molar-refractivity contribution in [2.45, 2.75) is 65.4 Å². The molecular weight excluding hydrogens is 288 g/mol. The normalized spacial score (nSPS) is 25.9. The van der Waals surface area contributed by atoms with Crippen LogP contribution in [0.3, 0.4) is 0 Å². The first-order chi connectivity index (χ1) is 10.8. The van der Waals surface area contributed by atoms with Crippen LogP contribution < -0.4 is 5.32 Å². The molecule has 1 fully saturated rings. The number of nitrogens with zero attached hydrogens (tertiary/aromatic N) is 1. The first-order valence-corrected chi connectivity index (χ1v) is 9.20. The maximum atomic E-state index is 12.0. The third-order valence-electron chi connectivity index (χ3n) is 4.88. The van der Waals surface area contributed by atoms with E-state index in [4.69, 9.17) is 4.74 Å². The maximum Gasteiger partial charge on any atom is 0.410 e. The molecule has 2 aliphatic rings. The highest BCUT2D eigenvalue weighted by Gasteiger charge is 2.23. The van der Waals surface area contributed by atoms with Crippen LogP contribution in [0.1, 0.15) is 59.8 Å². The van der Waals surface area contributed by atoms with Crippen molar-refractivity contribution in [1.82, 2.24) is 10.2 Å². The topological polar surface area (TPSA) is 41.6 Å². The Balaban J connectivity index is 1.65. The Kier molecular flexibility index (Phi) is 6.51. The Hall–Kier alpha value is -1.03. The van der Waals surface area contributed by atoms with E-state index in [0.717, 1.165) is 37.9 Å². The predicted octanol–water partition coefficient (Wildman–Crippen LogP) is 3.97. The second-order valence-corrected chi connectivity index (χ2v) is 8.30. The molecule has 0 aromatic carbocycles. The predicted molar refractivity (Wildman–Crippen MR) is 94.5 cm³/mol. The van der Waals surface area contributed by atoms with Gasteiger partial charge in [0.05, 0.1) is 0 Å². The van der Waals surface area contributed by atoms with Crippen LogP contribution in [0.15, 0.2) is 11.6 Å². The van der Waals surface area contributed by atoms with Gasteiger partial charge in [0, 0.05) is 19.6 Å². The maximum absolute atomic E-state index is 12.0. The minimum Gasteiger partial charge on any atom is -0.444 e. The largest absolute Gasteiger partial charge is 0.444 e. The van der Waals surface area contributed by atoms with Gasteiger partial charge in [0.15, 0.2) is 0 Å². The van der Waals surface area contributed by atoms with Gasteiger partial charge < -0.3 is 15.0 Å². The second-order valence-electron chi connectivity index (χ2n) is 8.30. The standard InChI is InChI=1S/C19H34N2O2/c1-15-5-7-16(8-6-15)13-20-14-17-9-11-21(12-10-17)18(22)23-19(2,3)4/h9,15-16,20H,5-8,10-14H2,1-4H3. The molecule has 1 saturated carbocycles. The summed E-state index contributed by atoms with van der Waals surface area (Å²) >= 11 is 0. The van der Waals surface area contributed by atoms with Crippen molar-refractivity contribution in [3.63, 3.8) is 0 Å². The number of nitrogens with one attached hydrogen (secondary N) is 1. The minimum atomic E-state index is -0.417. The van der Waals surface area contributed by atoms with Crippen LogP contribution in [0.5, 0.6) is 0 Å². The lowest BCUT2D eigenvalue weighted by atomic mass is 9.83. The van der Waals surface area contributed by atoms with E-state index in [0.29, 0.717) is 6.54 Å². The molecule has 4 nitrogen and oxygen atoms in total. The molecule has 0 bridgehead atoms. The molecule has 0 aromatic heterocycles. The summed E-state index contributed by atoms with van der Waals surface area (Å²) in [5, 5.41) is 3.62. The summed E-state index contributed by atoms with van der Waals surface area (Å²) in [7, 11) is 0. The van der Waals surface area contributed by atoms with Gasteiger partial charge in [-0.1, -0.05) is 31.4 Å². The number of hydrogen-bond acceptors (Lipinski definition) is 3. The van der Waals surface area contributed by atoms with Gasteiger partial charge in [0.1, 0.15) is 5.60 Å². The van der Waals surface area contributed by atoms with E-state index in [-0.39, 0.29) is 6.09 Å². The van der Waals surface area contributed by atoms with Gasteiger partial charge in [-0.15, -0.1) is 0 Å². The molecule has 0 unspecified atom stereocenters. The first kappa shape index (κ1) is 18.3. The van der Waals surface area contributed by atoms with Gasteiger partial charge in [-0.05, 0) is 58.4 Å². The summed E-state index contributed by atoms with van der Waals surface area (Å²) in [6.45, 7) is 11.6. The molecule has 1 heterocycles. The summed E-state index contributed by atoms with van der Waals surface area (Å²) in [5.41, 5.74) is 1.01. The molecule has 2 rings (SSSR count). The van der Waals surface area contributed by atoms with Crippen LogP contribution >= 0.6 is 0 Å². The van der Waals surface area contributed by atoms with Crippen molar-refractivity contribution in [2.75, 3.05) is 26.2 Å². The molecule has 4 heteroatoms. The van der Waals surface area contributed by atoms with Crippen LogP contribution in [0, 0.1) is 11.8 Å². The van der Waals surface area contributed by atoms with Gasteiger partial charge >= 0.3 is 6.09 Å². The fraction of sp³-hybridized carbons (Fsp3) is 0.842. The number of carbonyl (C=O) groups is 1. The zero-order valence-corrected chi connectivity index (χ0v) is 15.4. The van der Waals surface area contributed by atoms with Gasteiger partial charge in [0.2, 0.25) is 0 Å². The van der Waals surface area contributed by atoms with E-state index in [1.54, 1.807) is 4.90 Å². The van der Waals surface area contributed by atoms with Crippen molar-refractivity contribution in [3.05, 3.63) is 11.6 Å². The minimum absolute atomic E-state index is 0.197. The lowest BCUT2D eigenvalue weighted by molar-refractivity contribution is 0.0265. The molecule has 0 aromatic rings. The third kappa shape index (κ3) is 6.54. The second kappa shape index (κ2) is 8.18. The highest BCUT2D eigenvalue weighted by atomic mass is 16.6. The number of carbonyl (C=O) groups excluding carboxylic acids is 1.